The van der Waals surface area contributed by atoms with E-state index in [2.05, 4.69) is 0 Å². The van der Waals surface area contributed by atoms with E-state index >= 15 is 0 Å². The second-order valence-electron chi connectivity index (χ2n) is 10.9. The van der Waals surface area contributed by atoms with Crippen molar-refractivity contribution in [3.63, 3.8) is 0 Å². The van der Waals surface area contributed by atoms with Gasteiger partial charge in [-0.15, -0.1) is 0 Å². The second kappa shape index (κ2) is 9.55. The zero-order chi connectivity index (χ0) is 30.0. The molecular formula is C34H23FN2O6. The van der Waals surface area contributed by atoms with Crippen LogP contribution in [0.2, 0.25) is 0 Å². The molecule has 1 unspecified atom stereocenters. The van der Waals surface area contributed by atoms with Gasteiger partial charge < -0.3 is 9.64 Å². The van der Waals surface area contributed by atoms with Gasteiger partial charge >= 0.3 is 0 Å². The van der Waals surface area contributed by atoms with Crippen LogP contribution in [-0.2, 0) is 0 Å². The van der Waals surface area contributed by atoms with Crippen molar-refractivity contribution < 1.29 is 28.4 Å². The highest BCUT2D eigenvalue weighted by molar-refractivity contribution is 6.32. The van der Waals surface area contributed by atoms with E-state index in [1.807, 2.05) is 0 Å². The van der Waals surface area contributed by atoms with E-state index in [9.17, 15) is 28.9 Å². The Labute approximate surface area is 245 Å². The highest BCUT2D eigenvalue weighted by atomic mass is 19.1. The molecule has 2 heterocycles. The predicted molar refractivity (Wildman–Crippen MR) is 156 cm³/mol. The van der Waals surface area contributed by atoms with Crippen LogP contribution in [0.4, 0.5) is 15.8 Å². The lowest BCUT2D eigenvalue weighted by Gasteiger charge is -2.37. The van der Waals surface area contributed by atoms with E-state index in [1.165, 1.54) is 43.5 Å². The van der Waals surface area contributed by atoms with Gasteiger partial charge in [-0.25, -0.2) is 4.39 Å². The molecule has 1 saturated heterocycles. The number of fused-ring (bicyclic) bond motifs is 5. The minimum atomic E-state index is -1.83. The first-order chi connectivity index (χ1) is 20.8. The van der Waals surface area contributed by atoms with Crippen LogP contribution >= 0.6 is 0 Å². The lowest BCUT2D eigenvalue weighted by atomic mass is 9.64. The van der Waals surface area contributed by atoms with Crippen molar-refractivity contribution in [2.24, 2.45) is 5.41 Å². The maximum absolute atomic E-state index is 14.7. The number of benzene rings is 4. The number of nitrogens with zero attached hydrogens (tertiary/aromatic N) is 2. The average Bonchev–Trinajstić information content (AvgIpc) is 3.46. The number of methoxy groups -OCH3 is 1. The Balaban J connectivity index is 1.56. The Hall–Kier alpha value is -5.44. The van der Waals surface area contributed by atoms with Crippen LogP contribution in [-0.4, -0.2) is 41.5 Å². The van der Waals surface area contributed by atoms with Gasteiger partial charge in [-0.05, 0) is 35.9 Å². The van der Waals surface area contributed by atoms with Crippen LogP contribution in [0, 0.1) is 21.3 Å². The fraction of sp³-hybridized carbons (Fsp3) is 0.147. The molecule has 7 rings (SSSR count). The highest BCUT2D eigenvalue weighted by Gasteiger charge is 2.71. The summed E-state index contributed by atoms with van der Waals surface area (Å²) in [4.78, 5) is 57.1. The molecule has 0 radical (unpaired) electrons. The topological polar surface area (TPSA) is 107 Å². The fourth-order valence-electron chi connectivity index (χ4n) is 7.10. The van der Waals surface area contributed by atoms with Crippen molar-refractivity contribution in [3.8, 4) is 5.75 Å². The standard InChI is InChI=1S/C34H23FN2O6/c1-43-24-9-5-7-21(18-24)31(38)30-29(20-6-4-8-23(17-20)37(41)42)34(32(39)25-10-2-3-11-26(25)33(34)40)28-15-12-19-16-22(35)13-14-27(19)36(28)30/h2-18,28-30H,1H3/t28?,29-,30+/m0/s1. The molecule has 4 aromatic carbocycles. The lowest BCUT2D eigenvalue weighted by Crippen LogP contribution is -2.48. The number of nitro groups is 1. The van der Waals surface area contributed by atoms with E-state index in [0.29, 0.717) is 22.6 Å². The van der Waals surface area contributed by atoms with Gasteiger partial charge in [-0.3, -0.25) is 24.5 Å². The number of nitro benzene ring substituents is 1. The van der Waals surface area contributed by atoms with E-state index < -0.39 is 51.5 Å². The molecule has 0 amide bonds. The molecule has 212 valence electrons. The number of halogens is 1. The summed E-state index contributed by atoms with van der Waals surface area (Å²) < 4.78 is 19.8. The highest BCUT2D eigenvalue weighted by Crippen LogP contribution is 2.61. The zero-order valence-electron chi connectivity index (χ0n) is 22.8. The molecule has 1 spiro atoms. The number of Topliss-reactive ketones (excluding diaryl/α,β-unsaturated/α-hetero) is 3. The monoisotopic (exact) mass is 574 g/mol. The minimum absolute atomic E-state index is 0.232. The number of hydrogen-bond acceptors (Lipinski definition) is 7. The first kappa shape index (κ1) is 26.5. The van der Waals surface area contributed by atoms with Crippen molar-refractivity contribution in [3.05, 3.63) is 141 Å². The third-order valence-electron chi connectivity index (χ3n) is 8.83. The van der Waals surface area contributed by atoms with Crippen LogP contribution in [0.1, 0.15) is 48.1 Å². The number of ketones is 3. The lowest BCUT2D eigenvalue weighted by molar-refractivity contribution is -0.384. The van der Waals surface area contributed by atoms with Crippen LogP contribution in [0.25, 0.3) is 6.08 Å². The fourth-order valence-corrected chi connectivity index (χ4v) is 7.10. The molecule has 8 nitrogen and oxygen atoms in total. The number of carbonyl (C=O) groups is 3. The van der Waals surface area contributed by atoms with Crippen LogP contribution < -0.4 is 9.64 Å². The first-order valence-electron chi connectivity index (χ1n) is 13.6. The summed E-state index contributed by atoms with van der Waals surface area (Å²) in [6.45, 7) is 0. The van der Waals surface area contributed by atoms with Gasteiger partial charge in [0.1, 0.15) is 23.0 Å². The maximum atomic E-state index is 14.7. The van der Waals surface area contributed by atoms with Crippen molar-refractivity contribution in [1.29, 1.82) is 0 Å². The predicted octanol–water partition coefficient (Wildman–Crippen LogP) is 6.06. The zero-order valence-corrected chi connectivity index (χ0v) is 22.8. The van der Waals surface area contributed by atoms with Gasteiger partial charge in [-0.2, -0.15) is 0 Å². The molecule has 43 heavy (non-hydrogen) atoms. The summed E-state index contributed by atoms with van der Waals surface area (Å²) in [5.41, 5.74) is -0.0878. The van der Waals surface area contributed by atoms with Gasteiger partial charge in [0.2, 0.25) is 0 Å². The largest absolute Gasteiger partial charge is 0.497 e. The third-order valence-corrected chi connectivity index (χ3v) is 8.83. The Morgan fingerprint density at radius 1 is 0.930 bits per heavy atom. The molecule has 2 aliphatic heterocycles. The van der Waals surface area contributed by atoms with Crippen molar-refractivity contribution in [2.75, 3.05) is 12.0 Å². The molecule has 9 heteroatoms. The van der Waals surface area contributed by atoms with Gasteiger partial charge in [0, 0.05) is 46.0 Å². The third kappa shape index (κ3) is 3.64. The van der Waals surface area contributed by atoms with Gasteiger partial charge in [0.25, 0.3) is 5.69 Å². The Kier molecular flexibility index (Phi) is 5.88. The maximum Gasteiger partial charge on any atom is 0.269 e. The SMILES string of the molecule is COc1cccc(C(=O)[C@H]2[C@H](c3cccc([N+](=O)[O-])c3)C3(C(=O)c4ccccc4C3=O)C3C=Cc4cc(F)ccc4N32)c1. The van der Waals surface area contributed by atoms with Gasteiger partial charge in [0.05, 0.1) is 18.1 Å². The summed E-state index contributed by atoms with van der Waals surface area (Å²) in [5, 5.41) is 11.9. The number of anilines is 1. The van der Waals surface area contributed by atoms with E-state index in [0.717, 1.165) is 0 Å². The van der Waals surface area contributed by atoms with Gasteiger partial charge in [0.15, 0.2) is 17.3 Å². The van der Waals surface area contributed by atoms with E-state index in [4.69, 9.17) is 4.74 Å². The van der Waals surface area contributed by atoms with Crippen LogP contribution in [0.3, 0.4) is 0 Å². The molecule has 0 saturated carbocycles. The molecule has 3 aliphatic rings. The molecular weight excluding hydrogens is 551 g/mol. The molecule has 0 aromatic heterocycles. The normalized spacial score (nSPS) is 21.0. The van der Waals surface area contributed by atoms with E-state index in [1.54, 1.807) is 71.6 Å². The van der Waals surface area contributed by atoms with Gasteiger partial charge in [-0.1, -0.05) is 60.7 Å². The van der Waals surface area contributed by atoms with Crippen LogP contribution in [0.5, 0.6) is 5.75 Å². The van der Waals surface area contributed by atoms with Crippen molar-refractivity contribution >= 4 is 34.8 Å². The Morgan fingerprint density at radius 2 is 1.65 bits per heavy atom. The number of hydrogen-bond donors (Lipinski definition) is 0. The smallest absolute Gasteiger partial charge is 0.269 e. The quantitative estimate of drug-likeness (QED) is 0.123. The number of non-ortho nitro benzene ring substituents is 1. The molecule has 4 aromatic rings. The average molecular weight is 575 g/mol. The number of carbonyl (C=O) groups excluding carboxylic acids is 3. The summed E-state index contributed by atoms with van der Waals surface area (Å²) in [5.74, 6) is -2.53. The molecule has 1 fully saturated rings. The second-order valence-corrected chi connectivity index (χ2v) is 10.9. The summed E-state index contributed by atoms with van der Waals surface area (Å²) >= 11 is 0. The minimum Gasteiger partial charge on any atom is -0.497 e. The summed E-state index contributed by atoms with van der Waals surface area (Å²) in [6.07, 6.45) is 3.33. The first-order valence-corrected chi connectivity index (χ1v) is 13.6. The summed E-state index contributed by atoms with van der Waals surface area (Å²) in [6, 6.07) is 20.8. The Morgan fingerprint density at radius 3 is 2.35 bits per heavy atom. The molecule has 1 aliphatic carbocycles. The number of ether oxygens (including phenoxy) is 1. The summed E-state index contributed by atoms with van der Waals surface area (Å²) in [7, 11) is 1.48. The molecule has 0 N–H and O–H groups in total. The molecule has 3 atom stereocenters. The van der Waals surface area contributed by atoms with Crippen LogP contribution in [0.15, 0.2) is 97.1 Å². The Bertz CT molecular complexity index is 1880. The van der Waals surface area contributed by atoms with E-state index in [-0.39, 0.29) is 22.4 Å². The molecule has 0 bridgehead atoms. The van der Waals surface area contributed by atoms with Crippen molar-refractivity contribution in [1.82, 2.24) is 0 Å². The van der Waals surface area contributed by atoms with Crippen molar-refractivity contribution in [2.45, 2.75) is 18.0 Å². The number of rotatable bonds is 5.